The highest BCUT2D eigenvalue weighted by atomic mass is 35.5. The van der Waals surface area contributed by atoms with Crippen LogP contribution in [-0.2, 0) is 32.9 Å². The molecule has 0 radical (unpaired) electrons. The maximum absolute atomic E-state index is 11.6. The van der Waals surface area contributed by atoms with Crippen LogP contribution in [0.15, 0.2) is 39.3 Å². The van der Waals surface area contributed by atoms with Crippen molar-refractivity contribution in [2.75, 3.05) is 5.75 Å². The second kappa shape index (κ2) is 10.1. The van der Waals surface area contributed by atoms with Crippen LogP contribution in [0.5, 0.6) is 0 Å². The lowest BCUT2D eigenvalue weighted by molar-refractivity contribution is 0.585. The van der Waals surface area contributed by atoms with Gasteiger partial charge in [-0.2, -0.15) is 19.2 Å². The van der Waals surface area contributed by atoms with Crippen LogP contribution in [-0.4, -0.2) is 51.8 Å². The number of primary sulfonamides is 2. The minimum absolute atomic E-state index is 0.0152. The zero-order valence-corrected chi connectivity index (χ0v) is 21.7. The summed E-state index contributed by atoms with van der Waals surface area (Å²) in [6, 6.07) is 6.70. The SMILES string of the molecule is CCSc1ccc2nc(CC)c(S(N)(=O)=O)n2n1.CCc1nc2ccc(Cl)nn2c1S(N)(=O)=O. The number of nitrogens with zero attached hydrogens (tertiary/aromatic N) is 6. The molecule has 4 N–H and O–H groups in total. The molecule has 0 aliphatic heterocycles. The summed E-state index contributed by atoms with van der Waals surface area (Å²) in [5, 5.41) is 19.3. The molecule has 0 atom stereocenters. The van der Waals surface area contributed by atoms with E-state index in [1.165, 1.54) is 22.3 Å². The van der Waals surface area contributed by atoms with Crippen LogP contribution >= 0.6 is 23.4 Å². The summed E-state index contributed by atoms with van der Waals surface area (Å²) in [6.45, 7) is 5.62. The molecule has 0 aliphatic carbocycles. The molecule has 0 saturated heterocycles. The van der Waals surface area contributed by atoms with E-state index in [1.54, 1.807) is 19.1 Å². The Morgan fingerprint density at radius 3 is 1.74 bits per heavy atom. The highest BCUT2D eigenvalue weighted by molar-refractivity contribution is 7.99. The van der Waals surface area contributed by atoms with Crippen LogP contribution in [0, 0.1) is 0 Å². The first kappa shape index (κ1) is 26.3. The fraction of sp³-hybridized carbons (Fsp3) is 0.333. The van der Waals surface area contributed by atoms with Gasteiger partial charge in [-0.15, -0.1) is 11.8 Å². The van der Waals surface area contributed by atoms with Gasteiger partial charge < -0.3 is 0 Å². The molecule has 0 aromatic carbocycles. The van der Waals surface area contributed by atoms with Crippen molar-refractivity contribution in [2.24, 2.45) is 10.3 Å². The van der Waals surface area contributed by atoms with Crippen molar-refractivity contribution in [3.8, 4) is 0 Å². The predicted molar refractivity (Wildman–Crippen MR) is 129 cm³/mol. The van der Waals surface area contributed by atoms with Crippen LogP contribution in [0.25, 0.3) is 11.3 Å². The number of rotatable bonds is 6. The van der Waals surface area contributed by atoms with Crippen molar-refractivity contribution in [3.05, 3.63) is 40.8 Å². The van der Waals surface area contributed by atoms with Gasteiger partial charge in [0, 0.05) is 0 Å². The van der Waals surface area contributed by atoms with E-state index < -0.39 is 20.0 Å². The Balaban J connectivity index is 0.000000192. The van der Waals surface area contributed by atoms with Crippen molar-refractivity contribution in [1.82, 2.24) is 29.2 Å². The van der Waals surface area contributed by atoms with Crippen LogP contribution in [0.4, 0.5) is 0 Å². The number of thioether (sulfide) groups is 1. The minimum atomic E-state index is -3.87. The predicted octanol–water partition coefficient (Wildman–Crippen LogP) is 1.64. The highest BCUT2D eigenvalue weighted by Crippen LogP contribution is 2.20. The smallest absolute Gasteiger partial charge is 0.231 e. The topological polar surface area (TPSA) is 181 Å². The molecule has 0 amide bonds. The molecule has 34 heavy (non-hydrogen) atoms. The average Bonchev–Trinajstić information content (AvgIpc) is 3.31. The van der Waals surface area contributed by atoms with Gasteiger partial charge in [-0.1, -0.05) is 32.4 Å². The van der Waals surface area contributed by atoms with E-state index in [4.69, 9.17) is 21.9 Å². The number of sulfonamides is 2. The normalized spacial score (nSPS) is 12.2. The first-order valence-electron chi connectivity index (χ1n) is 10.0. The molecule has 0 saturated carbocycles. The number of fused-ring (bicyclic) bond motifs is 2. The van der Waals surface area contributed by atoms with Crippen molar-refractivity contribution < 1.29 is 16.8 Å². The highest BCUT2D eigenvalue weighted by Gasteiger charge is 2.23. The zero-order valence-electron chi connectivity index (χ0n) is 18.5. The summed E-state index contributed by atoms with van der Waals surface area (Å²) in [5.74, 6) is 0.860. The first-order valence-corrected chi connectivity index (χ1v) is 14.5. The van der Waals surface area contributed by atoms with Crippen LogP contribution < -0.4 is 10.3 Å². The lowest BCUT2D eigenvalue weighted by Gasteiger charge is -2.02. The molecule has 0 fully saturated rings. The van der Waals surface area contributed by atoms with E-state index in [0.717, 1.165) is 15.3 Å². The quantitative estimate of drug-likeness (QED) is 0.339. The van der Waals surface area contributed by atoms with Crippen LogP contribution in [0.2, 0.25) is 5.15 Å². The van der Waals surface area contributed by atoms with Crippen molar-refractivity contribution in [3.63, 3.8) is 0 Å². The average molecular weight is 547 g/mol. The third kappa shape index (κ3) is 5.50. The minimum Gasteiger partial charge on any atom is -0.231 e. The Morgan fingerprint density at radius 2 is 1.29 bits per heavy atom. The molecule has 0 unspecified atom stereocenters. The van der Waals surface area contributed by atoms with Gasteiger partial charge >= 0.3 is 0 Å². The van der Waals surface area contributed by atoms with Crippen molar-refractivity contribution >= 4 is 54.7 Å². The molecule has 0 aliphatic rings. The van der Waals surface area contributed by atoms with Crippen molar-refractivity contribution in [2.45, 2.75) is 48.7 Å². The molecule has 4 heterocycles. The molecule has 184 valence electrons. The Labute approximate surface area is 205 Å². The van der Waals surface area contributed by atoms with Gasteiger partial charge in [0.15, 0.2) is 21.3 Å². The Morgan fingerprint density at radius 1 is 0.824 bits per heavy atom. The molecule has 4 aromatic heterocycles. The Bertz CT molecular complexity index is 1570. The molecule has 4 rings (SSSR count). The fourth-order valence-electron chi connectivity index (χ4n) is 3.13. The van der Waals surface area contributed by atoms with Crippen molar-refractivity contribution in [1.29, 1.82) is 0 Å². The first-order chi connectivity index (χ1) is 15.9. The molecular formula is C18H23ClN8O4S3. The van der Waals surface area contributed by atoms with E-state index in [2.05, 4.69) is 20.2 Å². The number of hydrogen-bond acceptors (Lipinski definition) is 9. The Hall–Kier alpha value is -2.30. The van der Waals surface area contributed by atoms with E-state index in [1.807, 2.05) is 19.9 Å². The molecular weight excluding hydrogens is 524 g/mol. The second-order valence-electron chi connectivity index (χ2n) is 6.83. The van der Waals surface area contributed by atoms with E-state index in [9.17, 15) is 16.8 Å². The number of nitrogens with two attached hydrogens (primary N) is 2. The molecule has 4 aromatic rings. The van der Waals surface area contributed by atoms with Gasteiger partial charge in [-0.3, -0.25) is 0 Å². The summed E-state index contributed by atoms with van der Waals surface area (Å²) in [7, 11) is -7.70. The van der Waals surface area contributed by atoms with Crippen LogP contribution in [0.1, 0.15) is 32.2 Å². The largest absolute Gasteiger partial charge is 0.257 e. The van der Waals surface area contributed by atoms with E-state index in [-0.39, 0.29) is 15.2 Å². The lowest BCUT2D eigenvalue weighted by atomic mass is 10.4. The fourth-order valence-corrected chi connectivity index (χ4v) is 5.66. The van der Waals surface area contributed by atoms with Gasteiger partial charge in [0.25, 0.3) is 20.0 Å². The standard InChI is InChI=1S/C10H14N4O2S2.C8H9ClN4O2S/c1-3-7-10(18(11,15)16)14-8(12-7)5-6-9(13-14)17-4-2;1-2-5-8(16(10,14)15)13-7(11-5)4-3-6(9)12-13/h5-6H,3-4H2,1-2H3,(H2,11,15,16);3-4H,2H2,1H3,(H2,10,14,15). The van der Waals surface area contributed by atoms with Gasteiger partial charge in [-0.25, -0.2) is 37.1 Å². The van der Waals surface area contributed by atoms with Gasteiger partial charge in [0.05, 0.1) is 11.4 Å². The summed E-state index contributed by atoms with van der Waals surface area (Å²) >= 11 is 7.23. The monoisotopic (exact) mass is 546 g/mol. The lowest BCUT2D eigenvalue weighted by Crippen LogP contribution is -2.17. The Kier molecular flexibility index (Phi) is 7.84. The maximum atomic E-state index is 11.6. The summed E-state index contributed by atoms with van der Waals surface area (Å²) in [5.41, 5.74) is 1.74. The third-order valence-electron chi connectivity index (χ3n) is 4.45. The van der Waals surface area contributed by atoms with Crippen LogP contribution in [0.3, 0.4) is 0 Å². The summed E-state index contributed by atoms with van der Waals surface area (Å²) < 4.78 is 48.6. The number of imidazole rings is 2. The maximum Gasteiger partial charge on any atom is 0.257 e. The van der Waals surface area contributed by atoms with Gasteiger partial charge in [-0.05, 0) is 42.9 Å². The molecule has 0 spiro atoms. The van der Waals surface area contributed by atoms with E-state index >= 15 is 0 Å². The third-order valence-corrected chi connectivity index (χ3v) is 7.35. The molecule has 12 nitrogen and oxygen atoms in total. The second-order valence-corrected chi connectivity index (χ2v) is 11.5. The zero-order chi connectivity index (χ0) is 25.3. The summed E-state index contributed by atoms with van der Waals surface area (Å²) in [6.07, 6.45) is 0.943. The number of aryl methyl sites for hydroxylation is 2. The summed E-state index contributed by atoms with van der Waals surface area (Å²) in [4.78, 5) is 8.35. The van der Waals surface area contributed by atoms with Gasteiger partial charge in [0.1, 0.15) is 10.2 Å². The number of aromatic nitrogens is 6. The number of hydrogen-bond donors (Lipinski definition) is 2. The van der Waals surface area contributed by atoms with Gasteiger partial charge in [0.2, 0.25) is 0 Å². The number of halogens is 1. The van der Waals surface area contributed by atoms with E-state index in [0.29, 0.717) is 35.5 Å². The molecule has 0 bridgehead atoms. The molecule has 16 heteroatoms.